The normalized spacial score (nSPS) is 15.6. The zero-order valence-electron chi connectivity index (χ0n) is 35.3. The van der Waals surface area contributed by atoms with Gasteiger partial charge in [0.1, 0.15) is 24.2 Å². The number of carboxylic acids is 1. The smallest absolute Gasteiger partial charge is 0.326 e. The fraction of sp³-hybridized carbons (Fsp3) is 0.690. The van der Waals surface area contributed by atoms with Crippen molar-refractivity contribution >= 4 is 41.5 Å². The van der Waals surface area contributed by atoms with Gasteiger partial charge in [-0.1, -0.05) is 88.1 Å². The third-order valence-corrected chi connectivity index (χ3v) is 10.6. The maximum Gasteiger partial charge on any atom is 0.326 e. The number of carbonyl (C=O) groups is 6. The minimum Gasteiger partial charge on any atom is -0.480 e. The van der Waals surface area contributed by atoms with Gasteiger partial charge in [0.25, 0.3) is 0 Å². The molecule has 0 saturated carbocycles. The molecule has 0 spiro atoms. The van der Waals surface area contributed by atoms with Crippen molar-refractivity contribution in [2.45, 2.75) is 152 Å². The zero-order valence-corrected chi connectivity index (χ0v) is 35.3. The molecule has 0 unspecified atom stereocenters. The van der Waals surface area contributed by atoms with E-state index >= 15 is 0 Å². The van der Waals surface area contributed by atoms with Crippen LogP contribution in [0.1, 0.15) is 121 Å². The number of aliphatic imine (C=N–C) groups is 1. The molecule has 1 heterocycles. The first-order chi connectivity index (χ1) is 28.9. The zero-order chi connectivity index (χ0) is 44.1. The molecule has 1 fully saturated rings. The van der Waals surface area contributed by atoms with Crippen LogP contribution in [0.25, 0.3) is 0 Å². The molecule has 0 aliphatic carbocycles. The summed E-state index contributed by atoms with van der Waals surface area (Å²) in [6.07, 6.45) is 13.6. The summed E-state index contributed by atoms with van der Waals surface area (Å²) in [6.45, 7) is 1.02. The van der Waals surface area contributed by atoms with Gasteiger partial charge in [-0.05, 0) is 63.5 Å². The molecule has 2 rings (SSSR count). The summed E-state index contributed by atoms with van der Waals surface area (Å²) in [6, 6.07) is 4.23. The highest BCUT2D eigenvalue weighted by atomic mass is 16.4. The maximum atomic E-state index is 13.3. The van der Waals surface area contributed by atoms with E-state index < -0.39 is 54.6 Å². The Morgan fingerprint density at radius 3 is 2.03 bits per heavy atom. The Hall–Kier alpha value is -4.81. The molecule has 60 heavy (non-hydrogen) atoms. The van der Waals surface area contributed by atoms with Gasteiger partial charge in [0.2, 0.25) is 29.5 Å². The number of nitrogens with zero attached hydrogens (tertiary/aromatic N) is 2. The van der Waals surface area contributed by atoms with Crippen LogP contribution in [0.4, 0.5) is 0 Å². The van der Waals surface area contributed by atoms with Crippen LogP contribution < -0.4 is 44.2 Å². The van der Waals surface area contributed by atoms with Crippen molar-refractivity contribution in [2.24, 2.45) is 27.9 Å². The molecule has 1 aliphatic heterocycles. The molecular formula is C42H72N10O8. The van der Waals surface area contributed by atoms with Crippen LogP contribution in [0.3, 0.4) is 0 Å². The van der Waals surface area contributed by atoms with Gasteiger partial charge in [-0.25, -0.2) is 4.79 Å². The van der Waals surface area contributed by atoms with Gasteiger partial charge < -0.3 is 59.3 Å². The molecule has 18 nitrogen and oxygen atoms in total. The minimum atomic E-state index is -1.19. The van der Waals surface area contributed by atoms with Gasteiger partial charge in [-0.2, -0.15) is 0 Å². The summed E-state index contributed by atoms with van der Waals surface area (Å²) >= 11 is 0. The van der Waals surface area contributed by atoms with Crippen molar-refractivity contribution in [3.05, 3.63) is 35.9 Å². The van der Waals surface area contributed by atoms with E-state index in [1.165, 1.54) is 4.90 Å². The van der Waals surface area contributed by atoms with E-state index in [2.05, 4.69) is 26.3 Å². The molecule has 1 aromatic rings. The van der Waals surface area contributed by atoms with E-state index in [1.807, 2.05) is 6.07 Å². The molecule has 1 aliphatic rings. The molecular weight excluding hydrogens is 773 g/mol. The lowest BCUT2D eigenvalue weighted by molar-refractivity contribution is -0.145. The number of unbranched alkanes of at least 4 members (excludes halogenated alkanes) is 10. The molecule has 1 saturated heterocycles. The Bertz CT molecular complexity index is 1480. The number of aliphatic carboxylic acids is 1. The maximum absolute atomic E-state index is 13.3. The van der Waals surface area contributed by atoms with Gasteiger partial charge in [0, 0.05) is 32.5 Å². The number of hydrogen-bond acceptors (Lipinski definition) is 10. The van der Waals surface area contributed by atoms with Crippen molar-refractivity contribution in [3.63, 3.8) is 0 Å². The largest absolute Gasteiger partial charge is 0.480 e. The Balaban J connectivity index is 1.60. The summed E-state index contributed by atoms with van der Waals surface area (Å²) in [7, 11) is 0. The van der Waals surface area contributed by atoms with Gasteiger partial charge in [0.05, 0.1) is 12.6 Å². The van der Waals surface area contributed by atoms with Gasteiger partial charge in [0.15, 0.2) is 5.96 Å². The fourth-order valence-corrected chi connectivity index (χ4v) is 7.12. The number of aliphatic hydroxyl groups excluding tert-OH is 1. The number of hydrogen-bond donors (Lipinski definition) is 10. The van der Waals surface area contributed by atoms with Gasteiger partial charge in [-0.3, -0.25) is 29.0 Å². The second kappa shape index (κ2) is 30.3. The van der Waals surface area contributed by atoms with Crippen molar-refractivity contribution in [3.8, 4) is 0 Å². The average Bonchev–Trinajstić information content (AvgIpc) is 3.73. The highest BCUT2D eigenvalue weighted by molar-refractivity contribution is 5.94. The summed E-state index contributed by atoms with van der Waals surface area (Å²) in [4.78, 5) is 81.8. The first kappa shape index (κ1) is 51.3. The monoisotopic (exact) mass is 845 g/mol. The second-order valence-electron chi connectivity index (χ2n) is 15.6. The van der Waals surface area contributed by atoms with Crippen molar-refractivity contribution in [1.82, 2.24) is 26.2 Å². The molecule has 0 bridgehead atoms. The lowest BCUT2D eigenvalue weighted by Gasteiger charge is -2.28. The summed E-state index contributed by atoms with van der Waals surface area (Å²) in [5, 5.41) is 30.6. The molecule has 0 aromatic heterocycles. The van der Waals surface area contributed by atoms with Crippen LogP contribution in [-0.2, 0) is 35.2 Å². The molecule has 14 N–H and O–H groups in total. The third-order valence-electron chi connectivity index (χ3n) is 10.6. The number of rotatable bonds is 32. The number of nitrogens with one attached hydrogen (secondary N) is 4. The number of benzene rings is 1. The molecule has 338 valence electrons. The molecule has 5 amide bonds. The topological polar surface area (TPSA) is 311 Å². The number of guanidine groups is 1. The number of likely N-dealkylation sites (tertiary alicyclic amines) is 1. The summed E-state index contributed by atoms with van der Waals surface area (Å²) < 4.78 is 0. The van der Waals surface area contributed by atoms with Crippen LogP contribution in [-0.4, -0.2) is 120 Å². The van der Waals surface area contributed by atoms with Crippen molar-refractivity contribution in [2.75, 3.05) is 32.8 Å². The standard InChI is InChI=1S/C42H72N10O8/c43-24-14-13-20-31(44)37(55)50-32(21-16-26-48-42(45)46)38(56)47-25-15-8-6-4-2-1-3-5-7-12-23-36(54)49-34(29-53)40(58)52-27-17-22-35(52)39(57)51-33(41(59)60)28-30-18-10-9-11-19-30/h9-11,18-19,31-35,53H,1-8,12-17,20-29,43-44H2,(H,47,56)(H,49,54)(H,50,55)(H,51,57)(H,59,60)(H4,45,46,48)/t31-,32-,33-,34-,35-/m0/s1. The van der Waals surface area contributed by atoms with E-state index in [0.29, 0.717) is 58.2 Å². The van der Waals surface area contributed by atoms with E-state index in [-0.39, 0.29) is 43.1 Å². The molecule has 1 aromatic carbocycles. The molecule has 0 radical (unpaired) electrons. The predicted molar refractivity (Wildman–Crippen MR) is 230 cm³/mol. The summed E-state index contributed by atoms with van der Waals surface area (Å²) in [5.74, 6) is -3.34. The molecule has 18 heteroatoms. The number of carbonyl (C=O) groups excluding carboxylic acids is 5. The Labute approximate surface area is 354 Å². The highest BCUT2D eigenvalue weighted by Crippen LogP contribution is 2.20. The fourth-order valence-electron chi connectivity index (χ4n) is 7.12. The van der Waals surface area contributed by atoms with Gasteiger partial charge in [-0.15, -0.1) is 0 Å². The average molecular weight is 845 g/mol. The third kappa shape index (κ3) is 20.9. The van der Waals surface area contributed by atoms with Crippen molar-refractivity contribution in [1.29, 1.82) is 0 Å². The highest BCUT2D eigenvalue weighted by Gasteiger charge is 2.38. The van der Waals surface area contributed by atoms with E-state index in [0.717, 1.165) is 76.2 Å². The van der Waals surface area contributed by atoms with Crippen LogP contribution in [0, 0.1) is 0 Å². The van der Waals surface area contributed by atoms with Crippen LogP contribution in [0.5, 0.6) is 0 Å². The number of aliphatic hydroxyl groups is 1. The lowest BCUT2D eigenvalue weighted by atomic mass is 10.0. The second-order valence-corrected chi connectivity index (χ2v) is 15.6. The predicted octanol–water partition coefficient (Wildman–Crippen LogP) is 0.669. The Morgan fingerprint density at radius 1 is 0.767 bits per heavy atom. The van der Waals surface area contributed by atoms with E-state index in [4.69, 9.17) is 22.9 Å². The summed E-state index contributed by atoms with van der Waals surface area (Å²) in [5.41, 5.74) is 23.1. The first-order valence-electron chi connectivity index (χ1n) is 21.7. The number of amides is 5. The van der Waals surface area contributed by atoms with Crippen molar-refractivity contribution < 1.29 is 39.0 Å². The Kier molecular flexibility index (Phi) is 25.9. The van der Waals surface area contributed by atoms with Gasteiger partial charge >= 0.3 is 5.97 Å². The van der Waals surface area contributed by atoms with Crippen LogP contribution in [0.2, 0.25) is 0 Å². The number of nitrogens with two attached hydrogens (primary N) is 4. The minimum absolute atomic E-state index is 0.0277. The Morgan fingerprint density at radius 2 is 1.42 bits per heavy atom. The van der Waals surface area contributed by atoms with Crippen LogP contribution in [0.15, 0.2) is 35.3 Å². The van der Waals surface area contributed by atoms with E-state index in [1.54, 1.807) is 24.3 Å². The first-order valence-corrected chi connectivity index (χ1v) is 21.7. The van der Waals surface area contributed by atoms with E-state index in [9.17, 15) is 39.0 Å². The quantitative estimate of drug-likeness (QED) is 0.0272. The lowest BCUT2D eigenvalue weighted by Crippen LogP contribution is -2.56. The SMILES string of the molecule is NCCCC[C@H](N)C(=O)N[C@@H](CCCN=C(N)N)C(=O)NCCCCCCCCCCCCC(=O)N[C@@H](CO)C(=O)N1CCC[C@H]1C(=O)N[C@@H](Cc1ccccc1)C(=O)O. The van der Waals surface area contributed by atoms with Crippen LogP contribution >= 0.6 is 0 Å². The number of carboxylic acid groups (broad SMARTS) is 1. The molecule has 5 atom stereocenters.